The highest BCUT2D eigenvalue weighted by atomic mass is 16.6. The van der Waals surface area contributed by atoms with Gasteiger partial charge in [-0.1, -0.05) is 90.1 Å². The van der Waals surface area contributed by atoms with Crippen LogP contribution < -0.4 is 0 Å². The molecule has 0 N–H and O–H groups in total. The summed E-state index contributed by atoms with van der Waals surface area (Å²) in [6.45, 7) is 22.7. The fourth-order valence-corrected chi connectivity index (χ4v) is 5.07. The first-order valence-corrected chi connectivity index (χ1v) is 14.9. The summed E-state index contributed by atoms with van der Waals surface area (Å²) in [4.78, 5) is 57.7. The summed E-state index contributed by atoms with van der Waals surface area (Å²) in [6.07, 6.45) is -1.82. The molecule has 44 heavy (non-hydrogen) atoms. The summed E-state index contributed by atoms with van der Waals surface area (Å²) < 4.78 is 11.3. The SMILES string of the molecule is CC(C)(C)OC(=O)N1C(=O)C2=C(c3ccc(C(C)(C)C)cc3)N(C(=O)OC(C)(C)C)C(=O)C2=C1c1ccc(C(C)(C)C)cc1. The predicted molar refractivity (Wildman–Crippen MR) is 170 cm³/mol. The molecule has 4 amide bonds. The van der Waals surface area contributed by atoms with Crippen molar-refractivity contribution in [3.8, 4) is 0 Å². The van der Waals surface area contributed by atoms with E-state index in [-0.39, 0.29) is 33.4 Å². The third kappa shape index (κ3) is 6.35. The Morgan fingerprint density at radius 1 is 0.500 bits per heavy atom. The number of hydrogen-bond acceptors (Lipinski definition) is 6. The number of fused-ring (bicyclic) bond motifs is 1. The van der Waals surface area contributed by atoms with Crippen LogP contribution >= 0.6 is 0 Å². The van der Waals surface area contributed by atoms with E-state index in [1.54, 1.807) is 65.8 Å². The van der Waals surface area contributed by atoms with Crippen molar-refractivity contribution in [3.05, 3.63) is 81.9 Å². The quantitative estimate of drug-likeness (QED) is 0.347. The van der Waals surface area contributed by atoms with Gasteiger partial charge in [0, 0.05) is 0 Å². The zero-order chi connectivity index (χ0) is 33.2. The maximum Gasteiger partial charge on any atom is 0.422 e. The first-order chi connectivity index (χ1) is 20.0. The minimum Gasteiger partial charge on any atom is -0.443 e. The number of carbonyl (C=O) groups is 4. The van der Waals surface area contributed by atoms with E-state index in [1.807, 2.05) is 24.3 Å². The van der Waals surface area contributed by atoms with Crippen LogP contribution in [0.3, 0.4) is 0 Å². The molecule has 2 aliphatic rings. The van der Waals surface area contributed by atoms with Gasteiger partial charge in [-0.2, -0.15) is 0 Å². The van der Waals surface area contributed by atoms with E-state index in [4.69, 9.17) is 9.47 Å². The van der Waals surface area contributed by atoms with Gasteiger partial charge in [0.2, 0.25) is 0 Å². The van der Waals surface area contributed by atoms with Crippen molar-refractivity contribution in [3.63, 3.8) is 0 Å². The van der Waals surface area contributed by atoms with E-state index in [2.05, 4.69) is 41.5 Å². The fraction of sp³-hybridized carbons (Fsp3) is 0.444. The lowest BCUT2D eigenvalue weighted by Gasteiger charge is -2.28. The molecule has 2 aliphatic heterocycles. The second-order valence-electron chi connectivity index (χ2n) is 15.3. The number of amides is 4. The maximum atomic E-state index is 14.3. The average molecular weight is 601 g/mol. The van der Waals surface area contributed by atoms with Gasteiger partial charge >= 0.3 is 12.2 Å². The van der Waals surface area contributed by atoms with Crippen molar-refractivity contribution >= 4 is 35.4 Å². The van der Waals surface area contributed by atoms with Crippen molar-refractivity contribution < 1.29 is 28.7 Å². The largest absolute Gasteiger partial charge is 0.443 e. The highest BCUT2D eigenvalue weighted by molar-refractivity contribution is 6.35. The average Bonchev–Trinajstić information content (AvgIpc) is 3.33. The highest BCUT2D eigenvalue weighted by Gasteiger charge is 2.54. The summed E-state index contributed by atoms with van der Waals surface area (Å²) in [5.41, 5.74) is 0.900. The number of benzene rings is 2. The molecule has 0 atom stereocenters. The molecule has 0 spiro atoms. The summed E-state index contributed by atoms with van der Waals surface area (Å²) in [6, 6.07) is 14.7. The van der Waals surface area contributed by atoms with Crippen molar-refractivity contribution in [2.75, 3.05) is 0 Å². The Morgan fingerprint density at radius 2 is 0.773 bits per heavy atom. The Kier molecular flexibility index (Phi) is 7.99. The molecule has 0 unspecified atom stereocenters. The van der Waals surface area contributed by atoms with Crippen LogP contribution in [0.4, 0.5) is 9.59 Å². The van der Waals surface area contributed by atoms with Gasteiger partial charge in [-0.15, -0.1) is 0 Å². The molecule has 0 radical (unpaired) electrons. The summed E-state index contributed by atoms with van der Waals surface area (Å²) >= 11 is 0. The molecule has 4 rings (SSSR count). The molecule has 2 aromatic rings. The van der Waals surface area contributed by atoms with Gasteiger partial charge in [-0.3, -0.25) is 9.59 Å². The van der Waals surface area contributed by atoms with Crippen LogP contribution in [0, 0.1) is 0 Å². The number of imide groups is 2. The molecule has 8 nitrogen and oxygen atoms in total. The van der Waals surface area contributed by atoms with Crippen LogP contribution in [0.15, 0.2) is 59.7 Å². The Bertz CT molecular complexity index is 1460. The zero-order valence-corrected chi connectivity index (χ0v) is 28.0. The van der Waals surface area contributed by atoms with Crippen LogP contribution in [0.1, 0.15) is 105 Å². The minimum atomic E-state index is -0.911. The van der Waals surface area contributed by atoms with Crippen LogP contribution in [-0.2, 0) is 29.9 Å². The lowest BCUT2D eigenvalue weighted by molar-refractivity contribution is -0.123. The number of rotatable bonds is 2. The summed E-state index contributed by atoms with van der Waals surface area (Å²) in [5, 5.41) is 0. The van der Waals surface area contributed by atoms with Crippen molar-refractivity contribution in [1.29, 1.82) is 0 Å². The van der Waals surface area contributed by atoms with E-state index in [0.29, 0.717) is 11.1 Å². The molecule has 2 heterocycles. The fourth-order valence-electron chi connectivity index (χ4n) is 5.07. The molecule has 0 aliphatic carbocycles. The lowest BCUT2D eigenvalue weighted by Crippen LogP contribution is -2.40. The second-order valence-corrected chi connectivity index (χ2v) is 15.3. The van der Waals surface area contributed by atoms with Gasteiger partial charge < -0.3 is 9.47 Å². The van der Waals surface area contributed by atoms with Crippen molar-refractivity contribution in [1.82, 2.24) is 9.80 Å². The number of hydrogen-bond donors (Lipinski definition) is 0. The Morgan fingerprint density at radius 3 is 1.00 bits per heavy atom. The molecule has 0 fully saturated rings. The zero-order valence-electron chi connectivity index (χ0n) is 28.0. The predicted octanol–water partition coefficient (Wildman–Crippen LogP) is 7.96. The van der Waals surface area contributed by atoms with Gasteiger partial charge in [0.25, 0.3) is 11.8 Å². The van der Waals surface area contributed by atoms with Crippen molar-refractivity contribution in [2.45, 2.75) is 105 Å². The summed E-state index contributed by atoms with van der Waals surface area (Å²) in [5.74, 6) is -1.50. The van der Waals surface area contributed by atoms with E-state index in [1.165, 1.54) is 0 Å². The summed E-state index contributed by atoms with van der Waals surface area (Å²) in [7, 11) is 0. The van der Waals surface area contributed by atoms with Crippen LogP contribution in [0.2, 0.25) is 0 Å². The molecule has 0 saturated heterocycles. The molecule has 0 bridgehead atoms. The van der Waals surface area contributed by atoms with E-state index >= 15 is 0 Å². The smallest absolute Gasteiger partial charge is 0.422 e. The molecular weight excluding hydrogens is 556 g/mol. The Hall–Kier alpha value is -4.20. The molecule has 8 heteroatoms. The topological polar surface area (TPSA) is 93.2 Å². The van der Waals surface area contributed by atoms with E-state index in [9.17, 15) is 19.2 Å². The van der Waals surface area contributed by atoms with Gasteiger partial charge in [-0.25, -0.2) is 19.4 Å². The Labute approximate surface area is 260 Å². The van der Waals surface area contributed by atoms with Gasteiger partial charge in [-0.05, 0) is 74.6 Å². The molecule has 2 aromatic carbocycles. The normalized spacial score (nSPS) is 16.2. The minimum absolute atomic E-state index is 0.0508. The van der Waals surface area contributed by atoms with Gasteiger partial charge in [0.05, 0.1) is 22.5 Å². The van der Waals surface area contributed by atoms with Crippen LogP contribution in [0.5, 0.6) is 0 Å². The number of nitrogens with zero attached hydrogens (tertiary/aromatic N) is 2. The third-order valence-electron chi connectivity index (χ3n) is 7.21. The standard InChI is InChI=1S/C36H44N2O6/c1-33(2,3)23-17-13-21(14-18-23)27-25-26(30(40)37(27)31(41)43-35(7,8)9)28(22-15-19-24(20-16-22)34(4,5)6)38(29(25)39)32(42)44-36(10,11)12/h13-20H,1-12H3. The number of carbonyl (C=O) groups excluding carboxylic acids is 4. The van der Waals surface area contributed by atoms with Crippen LogP contribution in [-0.4, -0.2) is 45.0 Å². The molecule has 0 aromatic heterocycles. The third-order valence-corrected chi connectivity index (χ3v) is 7.21. The molecule has 0 saturated carbocycles. The second kappa shape index (κ2) is 10.8. The molecular formula is C36H44N2O6. The van der Waals surface area contributed by atoms with E-state index in [0.717, 1.165) is 20.9 Å². The highest BCUT2D eigenvalue weighted by Crippen LogP contribution is 2.48. The van der Waals surface area contributed by atoms with Gasteiger partial charge in [0.15, 0.2) is 0 Å². The van der Waals surface area contributed by atoms with Crippen molar-refractivity contribution in [2.24, 2.45) is 0 Å². The Balaban J connectivity index is 2.03. The maximum absolute atomic E-state index is 14.3. The van der Waals surface area contributed by atoms with E-state index < -0.39 is 35.2 Å². The number of ether oxygens (including phenoxy) is 2. The monoisotopic (exact) mass is 600 g/mol. The first kappa shape index (κ1) is 32.7. The first-order valence-electron chi connectivity index (χ1n) is 14.9. The molecule has 234 valence electrons. The van der Waals surface area contributed by atoms with Gasteiger partial charge in [0.1, 0.15) is 11.2 Å². The van der Waals surface area contributed by atoms with Crippen LogP contribution in [0.25, 0.3) is 11.4 Å². The lowest BCUT2D eigenvalue weighted by atomic mass is 9.86.